The van der Waals surface area contributed by atoms with E-state index in [9.17, 15) is 9.59 Å². The Kier molecular flexibility index (Phi) is 6.62. The third kappa shape index (κ3) is 5.11. The van der Waals surface area contributed by atoms with E-state index in [-0.39, 0.29) is 17.2 Å². The summed E-state index contributed by atoms with van der Waals surface area (Å²) in [6, 6.07) is 21.3. The van der Waals surface area contributed by atoms with Gasteiger partial charge < -0.3 is 19.5 Å². The number of nitrogens with one attached hydrogen (secondary N) is 1. The molecule has 1 atom stereocenters. The number of likely N-dealkylation sites (N-methyl/N-ethyl adjacent to an activating group) is 1. The highest BCUT2D eigenvalue weighted by molar-refractivity contribution is 8.00. The van der Waals surface area contributed by atoms with Gasteiger partial charge in [-0.05, 0) is 42.0 Å². The van der Waals surface area contributed by atoms with Crippen LogP contribution in [0.4, 0.5) is 5.69 Å². The lowest BCUT2D eigenvalue weighted by molar-refractivity contribution is -0.128. The standard InChI is InChI=1S/C24H25N3O3S/c1-26(20-6-3-2-4-7-20)14-13-25-23(29)18-9-11-19(12-10-18)24-27(22(28)17-31-24)16-21-8-5-15-30-21/h2-12,15,24H,13-14,16-17H2,1H3,(H,25,29)/t24-/m1/s1. The smallest absolute Gasteiger partial charge is 0.251 e. The number of rotatable bonds is 8. The predicted molar refractivity (Wildman–Crippen MR) is 123 cm³/mol. The summed E-state index contributed by atoms with van der Waals surface area (Å²) in [7, 11) is 2.01. The molecule has 2 heterocycles. The number of para-hydroxylation sites is 1. The van der Waals surface area contributed by atoms with Crippen LogP contribution in [0.25, 0.3) is 0 Å². The van der Waals surface area contributed by atoms with Crippen LogP contribution >= 0.6 is 11.8 Å². The summed E-state index contributed by atoms with van der Waals surface area (Å²) in [5.41, 5.74) is 2.73. The summed E-state index contributed by atoms with van der Waals surface area (Å²) in [6.07, 6.45) is 1.61. The van der Waals surface area contributed by atoms with Crippen molar-refractivity contribution < 1.29 is 14.0 Å². The predicted octanol–water partition coefficient (Wildman–Crippen LogP) is 3.92. The largest absolute Gasteiger partial charge is 0.467 e. The quantitative estimate of drug-likeness (QED) is 0.581. The highest BCUT2D eigenvalue weighted by Gasteiger charge is 2.33. The minimum atomic E-state index is -0.101. The van der Waals surface area contributed by atoms with Crippen molar-refractivity contribution in [3.63, 3.8) is 0 Å². The summed E-state index contributed by atoms with van der Waals surface area (Å²) in [4.78, 5) is 28.8. The van der Waals surface area contributed by atoms with Crippen LogP contribution in [-0.2, 0) is 11.3 Å². The van der Waals surface area contributed by atoms with Crippen LogP contribution in [0.2, 0.25) is 0 Å². The summed E-state index contributed by atoms with van der Waals surface area (Å²) in [5, 5.41) is 2.90. The van der Waals surface area contributed by atoms with Gasteiger partial charge in [-0.2, -0.15) is 0 Å². The first kappa shape index (κ1) is 21.1. The van der Waals surface area contributed by atoms with E-state index >= 15 is 0 Å². The van der Waals surface area contributed by atoms with Crippen LogP contribution in [0.5, 0.6) is 0 Å². The lowest BCUT2D eigenvalue weighted by Crippen LogP contribution is -2.33. The van der Waals surface area contributed by atoms with Gasteiger partial charge in [0.2, 0.25) is 5.91 Å². The van der Waals surface area contributed by atoms with E-state index in [1.165, 1.54) is 0 Å². The van der Waals surface area contributed by atoms with Gasteiger partial charge in [-0.1, -0.05) is 30.3 Å². The van der Waals surface area contributed by atoms with E-state index in [4.69, 9.17) is 4.42 Å². The molecule has 3 aromatic rings. The molecule has 0 radical (unpaired) electrons. The van der Waals surface area contributed by atoms with E-state index in [2.05, 4.69) is 10.2 Å². The molecule has 1 aliphatic heterocycles. The summed E-state index contributed by atoms with van der Waals surface area (Å²) in [5.74, 6) is 1.20. The SMILES string of the molecule is CN(CCNC(=O)c1ccc([C@H]2SCC(=O)N2Cc2ccco2)cc1)c1ccccc1. The highest BCUT2D eigenvalue weighted by Crippen LogP contribution is 2.39. The number of carbonyl (C=O) groups excluding carboxylic acids is 2. The molecule has 0 bridgehead atoms. The normalized spacial score (nSPS) is 15.8. The lowest BCUT2D eigenvalue weighted by Gasteiger charge is -2.23. The molecule has 4 rings (SSSR count). The topological polar surface area (TPSA) is 65.8 Å². The summed E-state index contributed by atoms with van der Waals surface area (Å²) in [6.45, 7) is 1.72. The van der Waals surface area contributed by atoms with Crippen molar-refractivity contribution in [1.29, 1.82) is 0 Å². The molecule has 1 N–H and O–H groups in total. The zero-order valence-electron chi connectivity index (χ0n) is 17.4. The summed E-state index contributed by atoms with van der Waals surface area (Å²) < 4.78 is 5.40. The third-order valence-electron chi connectivity index (χ3n) is 5.26. The van der Waals surface area contributed by atoms with Gasteiger partial charge in [0.05, 0.1) is 18.6 Å². The van der Waals surface area contributed by atoms with Gasteiger partial charge in [0, 0.05) is 31.4 Å². The maximum atomic E-state index is 12.5. The fourth-order valence-corrected chi connectivity index (χ4v) is 4.71. The zero-order chi connectivity index (χ0) is 21.6. The molecule has 1 saturated heterocycles. The van der Waals surface area contributed by atoms with Crippen LogP contribution in [0, 0.1) is 0 Å². The highest BCUT2D eigenvalue weighted by atomic mass is 32.2. The van der Waals surface area contributed by atoms with Gasteiger partial charge >= 0.3 is 0 Å². The molecule has 1 fully saturated rings. The van der Waals surface area contributed by atoms with Crippen molar-refractivity contribution in [1.82, 2.24) is 10.2 Å². The second kappa shape index (κ2) is 9.75. The van der Waals surface area contributed by atoms with Crippen molar-refractivity contribution in [2.45, 2.75) is 11.9 Å². The molecule has 2 aromatic carbocycles. The van der Waals surface area contributed by atoms with E-state index in [0.29, 0.717) is 24.4 Å². The van der Waals surface area contributed by atoms with Gasteiger partial charge in [-0.25, -0.2) is 0 Å². The van der Waals surface area contributed by atoms with Crippen LogP contribution < -0.4 is 10.2 Å². The molecule has 2 amide bonds. The van der Waals surface area contributed by atoms with Gasteiger partial charge in [0.25, 0.3) is 5.91 Å². The molecule has 31 heavy (non-hydrogen) atoms. The van der Waals surface area contributed by atoms with Crippen molar-refractivity contribution in [2.75, 3.05) is 30.8 Å². The zero-order valence-corrected chi connectivity index (χ0v) is 18.2. The Balaban J connectivity index is 1.33. The first-order chi connectivity index (χ1) is 15.1. The fraction of sp³-hybridized carbons (Fsp3) is 0.250. The molecule has 1 aromatic heterocycles. The first-order valence-electron chi connectivity index (χ1n) is 10.2. The van der Waals surface area contributed by atoms with Gasteiger partial charge in [-0.3, -0.25) is 9.59 Å². The van der Waals surface area contributed by atoms with Crippen molar-refractivity contribution in [3.8, 4) is 0 Å². The molecule has 0 saturated carbocycles. The number of benzene rings is 2. The molecule has 160 valence electrons. The van der Waals surface area contributed by atoms with Gasteiger partial charge in [0.15, 0.2) is 0 Å². The first-order valence-corrected chi connectivity index (χ1v) is 11.2. The Hall–Kier alpha value is -3.19. The van der Waals surface area contributed by atoms with E-state index in [1.54, 1.807) is 18.0 Å². The van der Waals surface area contributed by atoms with E-state index in [1.807, 2.05) is 78.7 Å². The Labute approximate surface area is 186 Å². The van der Waals surface area contributed by atoms with E-state index in [0.717, 1.165) is 23.6 Å². The lowest BCUT2D eigenvalue weighted by atomic mass is 10.1. The number of anilines is 1. The van der Waals surface area contributed by atoms with Crippen molar-refractivity contribution in [3.05, 3.63) is 89.9 Å². The Morgan fingerprint density at radius 3 is 2.61 bits per heavy atom. The van der Waals surface area contributed by atoms with Crippen LogP contribution in [0.15, 0.2) is 77.4 Å². The molecular formula is C24H25N3O3S. The maximum absolute atomic E-state index is 12.5. The molecule has 6 nitrogen and oxygen atoms in total. The molecular weight excluding hydrogens is 410 g/mol. The number of amides is 2. The molecule has 0 spiro atoms. The average Bonchev–Trinajstić information content (AvgIpc) is 3.45. The van der Waals surface area contributed by atoms with Crippen molar-refractivity contribution in [2.24, 2.45) is 0 Å². The average molecular weight is 436 g/mol. The van der Waals surface area contributed by atoms with Crippen LogP contribution in [-0.4, -0.2) is 42.6 Å². The van der Waals surface area contributed by atoms with Crippen LogP contribution in [0.3, 0.4) is 0 Å². The van der Waals surface area contributed by atoms with Gasteiger partial charge in [-0.15, -0.1) is 11.8 Å². The molecule has 0 aliphatic carbocycles. The number of thioether (sulfide) groups is 1. The van der Waals surface area contributed by atoms with Crippen molar-refractivity contribution >= 4 is 29.3 Å². The Morgan fingerprint density at radius 2 is 1.90 bits per heavy atom. The molecule has 0 unspecified atom stereocenters. The van der Waals surface area contributed by atoms with E-state index < -0.39 is 0 Å². The number of carbonyl (C=O) groups is 2. The second-order valence-corrected chi connectivity index (χ2v) is 8.47. The fourth-order valence-electron chi connectivity index (χ4n) is 3.52. The Morgan fingerprint density at radius 1 is 1.13 bits per heavy atom. The van der Waals surface area contributed by atoms with Crippen LogP contribution in [0.1, 0.15) is 27.1 Å². The monoisotopic (exact) mass is 435 g/mol. The maximum Gasteiger partial charge on any atom is 0.251 e. The number of hydrogen-bond donors (Lipinski definition) is 1. The minimum Gasteiger partial charge on any atom is -0.467 e. The second-order valence-electron chi connectivity index (χ2n) is 7.40. The number of hydrogen-bond acceptors (Lipinski definition) is 5. The summed E-state index contributed by atoms with van der Waals surface area (Å²) >= 11 is 1.59. The number of furan rings is 1. The number of nitrogens with zero attached hydrogens (tertiary/aromatic N) is 2. The minimum absolute atomic E-state index is 0.0748. The molecule has 1 aliphatic rings. The molecule has 7 heteroatoms. The Bertz CT molecular complexity index is 1010. The third-order valence-corrected chi connectivity index (χ3v) is 6.52. The van der Waals surface area contributed by atoms with Gasteiger partial charge in [0.1, 0.15) is 11.1 Å².